The fourth-order valence-corrected chi connectivity index (χ4v) is 1.65. The van der Waals surface area contributed by atoms with Gasteiger partial charge in [0.2, 0.25) is 0 Å². The number of esters is 1. The zero-order valence-corrected chi connectivity index (χ0v) is 9.55. The van der Waals surface area contributed by atoms with Crippen molar-refractivity contribution in [1.29, 1.82) is 0 Å². The molecule has 0 aliphatic carbocycles. The van der Waals surface area contributed by atoms with E-state index in [0.717, 1.165) is 32.7 Å². The molecule has 92 valence electrons. The van der Waals surface area contributed by atoms with Gasteiger partial charge in [0.25, 0.3) is 6.47 Å². The maximum atomic E-state index is 11.0. The minimum absolute atomic E-state index is 0.197. The number of rotatable bonds is 6. The first-order chi connectivity index (χ1) is 7.76. The molecular weight excluding hydrogens is 212 g/mol. The molecule has 0 spiro atoms. The quantitative estimate of drug-likeness (QED) is 0.330. The number of carbonyl (C=O) groups is 2. The maximum Gasteiger partial charge on any atom is 0.319 e. The Bertz CT molecular complexity index is 227. The fourth-order valence-electron chi connectivity index (χ4n) is 1.65. The summed E-state index contributed by atoms with van der Waals surface area (Å²) in [6.45, 7) is 5.47. The van der Waals surface area contributed by atoms with E-state index in [2.05, 4.69) is 19.3 Å². The third-order valence-corrected chi connectivity index (χ3v) is 2.64. The third kappa shape index (κ3) is 4.59. The summed E-state index contributed by atoms with van der Waals surface area (Å²) in [5.41, 5.74) is 0. The van der Waals surface area contributed by atoms with Gasteiger partial charge in [-0.3, -0.25) is 19.4 Å². The highest BCUT2D eigenvalue weighted by Gasteiger charge is 2.18. The topological polar surface area (TPSA) is 59.1 Å². The van der Waals surface area contributed by atoms with Crippen LogP contribution in [0.2, 0.25) is 0 Å². The van der Waals surface area contributed by atoms with Crippen molar-refractivity contribution in [2.45, 2.75) is 0 Å². The van der Waals surface area contributed by atoms with Gasteiger partial charge in [-0.1, -0.05) is 0 Å². The lowest BCUT2D eigenvalue weighted by Crippen LogP contribution is -2.48. The van der Waals surface area contributed by atoms with E-state index in [0.29, 0.717) is 19.6 Å². The number of carbonyl (C=O) groups excluding carboxylic acids is 2. The summed E-state index contributed by atoms with van der Waals surface area (Å²) in [5, 5.41) is 0. The Morgan fingerprint density at radius 1 is 1.25 bits per heavy atom. The molecule has 0 N–H and O–H groups in total. The van der Waals surface area contributed by atoms with E-state index < -0.39 is 0 Å². The Morgan fingerprint density at radius 3 is 2.44 bits per heavy atom. The molecule has 1 saturated heterocycles. The van der Waals surface area contributed by atoms with Crippen LogP contribution in [0.3, 0.4) is 0 Å². The molecule has 1 rings (SSSR count). The lowest BCUT2D eigenvalue weighted by molar-refractivity contribution is -0.142. The van der Waals surface area contributed by atoms with Crippen LogP contribution in [0.5, 0.6) is 0 Å². The molecule has 0 atom stereocenters. The number of ether oxygens (including phenoxy) is 2. The van der Waals surface area contributed by atoms with Crippen LogP contribution in [0.1, 0.15) is 0 Å². The highest BCUT2D eigenvalue weighted by Crippen LogP contribution is 2.01. The lowest BCUT2D eigenvalue weighted by atomic mass is 10.3. The Balaban J connectivity index is 2.13. The molecule has 1 aliphatic heterocycles. The Labute approximate surface area is 95.1 Å². The molecule has 0 unspecified atom stereocenters. The van der Waals surface area contributed by atoms with E-state index in [9.17, 15) is 9.59 Å². The number of hydrogen-bond donors (Lipinski definition) is 0. The molecule has 0 amide bonds. The predicted molar refractivity (Wildman–Crippen MR) is 56.9 cm³/mol. The zero-order valence-electron chi connectivity index (χ0n) is 9.55. The highest BCUT2D eigenvalue weighted by molar-refractivity contribution is 5.71. The first-order valence-electron chi connectivity index (χ1n) is 5.33. The summed E-state index contributed by atoms with van der Waals surface area (Å²) in [6.07, 6.45) is 0. The van der Waals surface area contributed by atoms with Crippen LogP contribution in [0.25, 0.3) is 0 Å². The van der Waals surface area contributed by atoms with Crippen molar-refractivity contribution in [3.8, 4) is 0 Å². The van der Waals surface area contributed by atoms with Crippen LogP contribution in [-0.2, 0) is 19.1 Å². The largest absolute Gasteiger partial charge is 0.468 e. The van der Waals surface area contributed by atoms with Crippen molar-refractivity contribution >= 4 is 12.4 Å². The summed E-state index contributed by atoms with van der Waals surface area (Å²) < 4.78 is 9.24. The molecule has 0 aromatic carbocycles. The Hall–Kier alpha value is -1.14. The van der Waals surface area contributed by atoms with Crippen molar-refractivity contribution < 1.29 is 19.1 Å². The standard InChI is InChI=1S/C10H18N2O4/c1-15-10(14)8-12-4-2-11(3-5-12)6-7-16-9-13/h9H,2-8H2,1H3. The van der Waals surface area contributed by atoms with E-state index in [1.54, 1.807) is 0 Å². The van der Waals surface area contributed by atoms with Gasteiger partial charge in [0.1, 0.15) is 6.61 Å². The minimum atomic E-state index is -0.197. The van der Waals surface area contributed by atoms with Crippen molar-refractivity contribution in [1.82, 2.24) is 9.80 Å². The molecule has 16 heavy (non-hydrogen) atoms. The summed E-state index contributed by atoms with van der Waals surface area (Å²) in [4.78, 5) is 25.3. The third-order valence-electron chi connectivity index (χ3n) is 2.64. The molecule has 0 radical (unpaired) electrons. The molecule has 0 aromatic heterocycles. The molecule has 1 heterocycles. The zero-order chi connectivity index (χ0) is 11.8. The second-order valence-corrected chi connectivity index (χ2v) is 3.66. The smallest absolute Gasteiger partial charge is 0.319 e. The molecule has 0 bridgehead atoms. The van der Waals surface area contributed by atoms with Crippen molar-refractivity contribution in [2.24, 2.45) is 0 Å². The van der Waals surface area contributed by atoms with Gasteiger partial charge in [0.15, 0.2) is 0 Å². The molecule has 6 nitrogen and oxygen atoms in total. The average Bonchev–Trinajstić information content (AvgIpc) is 2.31. The fraction of sp³-hybridized carbons (Fsp3) is 0.800. The van der Waals surface area contributed by atoms with Gasteiger partial charge in [-0.25, -0.2) is 0 Å². The molecule has 0 aromatic rings. The van der Waals surface area contributed by atoms with Gasteiger partial charge >= 0.3 is 5.97 Å². The number of nitrogens with zero attached hydrogens (tertiary/aromatic N) is 2. The molecule has 1 fully saturated rings. The van der Waals surface area contributed by atoms with E-state index >= 15 is 0 Å². The molecule has 6 heteroatoms. The number of piperazine rings is 1. The highest BCUT2D eigenvalue weighted by atomic mass is 16.5. The normalized spacial score (nSPS) is 18.1. The van der Waals surface area contributed by atoms with Gasteiger partial charge in [-0.2, -0.15) is 0 Å². The van der Waals surface area contributed by atoms with Gasteiger partial charge in [-0.15, -0.1) is 0 Å². The van der Waals surface area contributed by atoms with Crippen LogP contribution < -0.4 is 0 Å². The van der Waals surface area contributed by atoms with Gasteiger partial charge in [0, 0.05) is 32.7 Å². The summed E-state index contributed by atoms with van der Waals surface area (Å²) >= 11 is 0. The van der Waals surface area contributed by atoms with Crippen LogP contribution in [0.15, 0.2) is 0 Å². The van der Waals surface area contributed by atoms with Crippen LogP contribution >= 0.6 is 0 Å². The van der Waals surface area contributed by atoms with Crippen molar-refractivity contribution in [3.05, 3.63) is 0 Å². The monoisotopic (exact) mass is 230 g/mol. The molecular formula is C10H18N2O4. The van der Waals surface area contributed by atoms with Gasteiger partial charge in [0.05, 0.1) is 13.7 Å². The van der Waals surface area contributed by atoms with Gasteiger partial charge in [-0.05, 0) is 0 Å². The van der Waals surface area contributed by atoms with E-state index in [4.69, 9.17) is 0 Å². The van der Waals surface area contributed by atoms with Crippen molar-refractivity contribution in [3.63, 3.8) is 0 Å². The second-order valence-electron chi connectivity index (χ2n) is 3.66. The molecule has 1 aliphatic rings. The lowest BCUT2D eigenvalue weighted by Gasteiger charge is -2.33. The summed E-state index contributed by atoms with van der Waals surface area (Å²) in [7, 11) is 1.40. The van der Waals surface area contributed by atoms with Gasteiger partial charge < -0.3 is 9.47 Å². The summed E-state index contributed by atoms with van der Waals surface area (Å²) in [5.74, 6) is -0.197. The number of hydrogen-bond acceptors (Lipinski definition) is 6. The predicted octanol–water partition coefficient (Wildman–Crippen LogP) is -1.05. The van der Waals surface area contributed by atoms with Crippen LogP contribution in [-0.4, -0.2) is 75.2 Å². The number of methoxy groups -OCH3 is 1. The SMILES string of the molecule is COC(=O)CN1CCN(CCOC=O)CC1. The van der Waals surface area contributed by atoms with Crippen LogP contribution in [0.4, 0.5) is 0 Å². The first-order valence-corrected chi connectivity index (χ1v) is 5.33. The molecule has 0 saturated carbocycles. The Kier molecular flexibility index (Phi) is 5.81. The first kappa shape index (κ1) is 12.9. The minimum Gasteiger partial charge on any atom is -0.468 e. The summed E-state index contributed by atoms with van der Waals surface area (Å²) in [6, 6.07) is 0. The maximum absolute atomic E-state index is 11.0. The second kappa shape index (κ2) is 7.19. The van der Waals surface area contributed by atoms with E-state index in [-0.39, 0.29) is 5.97 Å². The van der Waals surface area contributed by atoms with Crippen LogP contribution in [0, 0.1) is 0 Å². The van der Waals surface area contributed by atoms with Crippen molar-refractivity contribution in [2.75, 3.05) is 53.0 Å². The Morgan fingerprint density at radius 2 is 1.88 bits per heavy atom. The van der Waals surface area contributed by atoms with E-state index in [1.165, 1.54) is 7.11 Å². The average molecular weight is 230 g/mol. The van der Waals surface area contributed by atoms with E-state index in [1.807, 2.05) is 0 Å².